The summed E-state index contributed by atoms with van der Waals surface area (Å²) in [6.07, 6.45) is 1.04. The Morgan fingerprint density at radius 2 is 1.68 bits per heavy atom. The Labute approximate surface area is 132 Å². The Balaban J connectivity index is 4.69. The highest BCUT2D eigenvalue weighted by Crippen LogP contribution is 2.08. The van der Waals surface area contributed by atoms with E-state index in [0.717, 1.165) is 0 Å². The fraction of sp³-hybridized carbons (Fsp3) is 0.800. The molecule has 0 radical (unpaired) electrons. The van der Waals surface area contributed by atoms with Gasteiger partial charge in [-0.05, 0) is 25.8 Å². The van der Waals surface area contributed by atoms with Gasteiger partial charge in [-0.1, -0.05) is 27.7 Å². The van der Waals surface area contributed by atoms with Gasteiger partial charge in [0, 0.05) is 12.5 Å². The first-order valence-corrected chi connectivity index (χ1v) is 7.75. The molecule has 7 heteroatoms. The Morgan fingerprint density at radius 3 is 2.09 bits per heavy atom. The zero-order chi connectivity index (χ0) is 17.3. The van der Waals surface area contributed by atoms with Crippen molar-refractivity contribution in [2.24, 2.45) is 17.6 Å². The van der Waals surface area contributed by atoms with Crippen LogP contribution >= 0.6 is 0 Å². The lowest BCUT2D eigenvalue weighted by molar-refractivity contribution is -0.131. The molecule has 0 rings (SSSR count). The lowest BCUT2D eigenvalue weighted by Crippen LogP contribution is -2.52. The molecule has 3 amide bonds. The Hall–Kier alpha value is -1.63. The van der Waals surface area contributed by atoms with Crippen LogP contribution in [0.15, 0.2) is 0 Å². The van der Waals surface area contributed by atoms with Crippen molar-refractivity contribution in [2.45, 2.75) is 52.6 Å². The number of nitrogens with one attached hydrogen (secondary N) is 3. The van der Waals surface area contributed by atoms with Gasteiger partial charge in [0.15, 0.2) is 5.78 Å². The predicted molar refractivity (Wildman–Crippen MR) is 86.3 cm³/mol. The summed E-state index contributed by atoms with van der Waals surface area (Å²) in [5.41, 5.74) is 4.99. The van der Waals surface area contributed by atoms with Crippen LogP contribution in [0.1, 0.15) is 40.5 Å². The Bertz CT molecular complexity index is 383. The van der Waals surface area contributed by atoms with E-state index in [1.165, 1.54) is 0 Å². The minimum atomic E-state index is -0.592. The maximum atomic E-state index is 12.3. The van der Waals surface area contributed by atoms with Crippen LogP contribution in [0.4, 0.5) is 4.79 Å². The first kappa shape index (κ1) is 20.4. The highest BCUT2D eigenvalue weighted by Gasteiger charge is 2.27. The standard InChI is InChI=1S/C15H30N4O3/c1-9(2)12(17-5)14(21)19-11(13(20)10(3)4)7-6-8-18-15(16)22/h9-12,17H,6-8H2,1-5H3,(H,19,21)(H3,16,18,22). The van der Waals surface area contributed by atoms with Crippen LogP contribution in [-0.4, -0.2) is 43.4 Å². The number of hydrogen-bond acceptors (Lipinski definition) is 4. The van der Waals surface area contributed by atoms with Gasteiger partial charge in [0.2, 0.25) is 5.91 Å². The number of likely N-dealkylation sites (N-methyl/N-ethyl adjacent to an activating group) is 1. The van der Waals surface area contributed by atoms with Gasteiger partial charge in [-0.2, -0.15) is 0 Å². The molecule has 128 valence electrons. The molecule has 2 atom stereocenters. The fourth-order valence-corrected chi connectivity index (χ4v) is 2.23. The SMILES string of the molecule is CNC(C(=O)NC(CCCNC(N)=O)C(=O)C(C)C)C(C)C. The average molecular weight is 314 g/mol. The molecule has 0 spiro atoms. The van der Waals surface area contributed by atoms with E-state index in [9.17, 15) is 14.4 Å². The van der Waals surface area contributed by atoms with E-state index in [1.807, 2.05) is 13.8 Å². The summed E-state index contributed by atoms with van der Waals surface area (Å²) in [7, 11) is 1.72. The van der Waals surface area contributed by atoms with Crippen LogP contribution in [0.3, 0.4) is 0 Å². The summed E-state index contributed by atoms with van der Waals surface area (Å²) in [5.74, 6) is -0.233. The monoisotopic (exact) mass is 314 g/mol. The van der Waals surface area contributed by atoms with Crippen molar-refractivity contribution < 1.29 is 14.4 Å². The third-order valence-corrected chi connectivity index (χ3v) is 3.46. The van der Waals surface area contributed by atoms with Crippen LogP contribution < -0.4 is 21.7 Å². The number of ketones is 1. The normalized spacial score (nSPS) is 13.8. The topological polar surface area (TPSA) is 113 Å². The summed E-state index contributed by atoms with van der Waals surface area (Å²) in [4.78, 5) is 35.2. The number of nitrogens with two attached hydrogens (primary N) is 1. The molecule has 0 aromatic rings. The van der Waals surface area contributed by atoms with Crippen molar-refractivity contribution >= 4 is 17.7 Å². The van der Waals surface area contributed by atoms with Crippen molar-refractivity contribution in [2.75, 3.05) is 13.6 Å². The molecule has 0 bridgehead atoms. The summed E-state index contributed by atoms with van der Waals surface area (Å²) in [6.45, 7) is 7.88. The Kier molecular flexibility index (Phi) is 9.40. The van der Waals surface area contributed by atoms with Crippen LogP contribution in [0.2, 0.25) is 0 Å². The minimum absolute atomic E-state index is 0.00830. The molecule has 5 N–H and O–H groups in total. The molecule has 0 aliphatic carbocycles. The van der Waals surface area contributed by atoms with Crippen molar-refractivity contribution in [1.29, 1.82) is 0 Å². The smallest absolute Gasteiger partial charge is 0.312 e. The van der Waals surface area contributed by atoms with Gasteiger partial charge < -0.3 is 21.7 Å². The van der Waals surface area contributed by atoms with E-state index in [2.05, 4.69) is 16.0 Å². The Morgan fingerprint density at radius 1 is 1.09 bits per heavy atom. The largest absolute Gasteiger partial charge is 0.352 e. The quantitative estimate of drug-likeness (QED) is 0.437. The molecular weight excluding hydrogens is 284 g/mol. The van der Waals surface area contributed by atoms with E-state index < -0.39 is 12.1 Å². The highest BCUT2D eigenvalue weighted by molar-refractivity contribution is 5.91. The third kappa shape index (κ3) is 7.40. The maximum Gasteiger partial charge on any atom is 0.312 e. The third-order valence-electron chi connectivity index (χ3n) is 3.46. The molecule has 0 aromatic heterocycles. The first-order chi connectivity index (χ1) is 10.2. The van der Waals surface area contributed by atoms with Gasteiger partial charge in [0.1, 0.15) is 0 Å². The van der Waals surface area contributed by atoms with Gasteiger partial charge in [-0.25, -0.2) is 4.79 Å². The molecule has 0 fully saturated rings. The van der Waals surface area contributed by atoms with Crippen molar-refractivity contribution in [1.82, 2.24) is 16.0 Å². The van der Waals surface area contributed by atoms with E-state index in [1.54, 1.807) is 20.9 Å². The second-order valence-electron chi connectivity index (χ2n) is 6.06. The minimum Gasteiger partial charge on any atom is -0.352 e. The van der Waals surface area contributed by atoms with Crippen LogP contribution in [0.5, 0.6) is 0 Å². The molecule has 2 unspecified atom stereocenters. The van der Waals surface area contributed by atoms with E-state index in [-0.39, 0.29) is 29.6 Å². The molecule has 7 nitrogen and oxygen atoms in total. The molecule has 0 saturated heterocycles. The van der Waals surface area contributed by atoms with Crippen LogP contribution in [-0.2, 0) is 9.59 Å². The lowest BCUT2D eigenvalue weighted by Gasteiger charge is -2.25. The van der Waals surface area contributed by atoms with E-state index in [4.69, 9.17) is 5.73 Å². The average Bonchev–Trinajstić information content (AvgIpc) is 2.41. The second-order valence-corrected chi connectivity index (χ2v) is 6.06. The fourth-order valence-electron chi connectivity index (χ4n) is 2.23. The number of carbonyl (C=O) groups excluding carboxylic acids is 3. The summed E-state index contributed by atoms with van der Waals surface area (Å²) in [6, 6.07) is -1.48. The molecule has 0 saturated carbocycles. The number of rotatable bonds is 10. The van der Waals surface area contributed by atoms with Crippen molar-refractivity contribution in [3.63, 3.8) is 0 Å². The zero-order valence-corrected chi connectivity index (χ0v) is 14.2. The number of amides is 3. The molecule has 0 aliphatic rings. The maximum absolute atomic E-state index is 12.3. The van der Waals surface area contributed by atoms with Gasteiger partial charge in [-0.3, -0.25) is 9.59 Å². The number of urea groups is 1. The van der Waals surface area contributed by atoms with Gasteiger partial charge in [0.05, 0.1) is 12.1 Å². The predicted octanol–water partition coefficient (Wildman–Crippen LogP) is 0.389. The van der Waals surface area contributed by atoms with Crippen molar-refractivity contribution in [3.05, 3.63) is 0 Å². The summed E-state index contributed by atoms with van der Waals surface area (Å²) >= 11 is 0. The lowest BCUT2D eigenvalue weighted by atomic mass is 9.96. The molecule has 0 heterocycles. The number of hydrogen-bond donors (Lipinski definition) is 4. The zero-order valence-electron chi connectivity index (χ0n) is 14.2. The molecular formula is C15H30N4O3. The number of Topliss-reactive ketones (excluding diaryl/α,β-unsaturated/α-hetero) is 1. The number of primary amides is 1. The van der Waals surface area contributed by atoms with Crippen LogP contribution in [0, 0.1) is 11.8 Å². The number of carbonyl (C=O) groups is 3. The van der Waals surface area contributed by atoms with Crippen LogP contribution in [0.25, 0.3) is 0 Å². The highest BCUT2D eigenvalue weighted by atomic mass is 16.2. The molecule has 0 aliphatic heterocycles. The first-order valence-electron chi connectivity index (χ1n) is 7.75. The van der Waals surface area contributed by atoms with Gasteiger partial charge >= 0.3 is 6.03 Å². The van der Waals surface area contributed by atoms with Gasteiger partial charge in [0.25, 0.3) is 0 Å². The van der Waals surface area contributed by atoms with E-state index in [0.29, 0.717) is 19.4 Å². The van der Waals surface area contributed by atoms with Gasteiger partial charge in [-0.15, -0.1) is 0 Å². The van der Waals surface area contributed by atoms with Crippen molar-refractivity contribution in [3.8, 4) is 0 Å². The van der Waals surface area contributed by atoms with E-state index >= 15 is 0 Å². The summed E-state index contributed by atoms with van der Waals surface area (Å²) in [5, 5.41) is 8.26. The second kappa shape index (κ2) is 10.2. The summed E-state index contributed by atoms with van der Waals surface area (Å²) < 4.78 is 0. The molecule has 0 aromatic carbocycles. The molecule has 22 heavy (non-hydrogen) atoms.